The molecule has 5 aromatic rings. The average molecular weight is 546 g/mol. The van der Waals surface area contributed by atoms with E-state index in [4.69, 9.17) is 33.3 Å². The molecule has 39 heavy (non-hydrogen) atoms. The lowest BCUT2D eigenvalue weighted by Crippen LogP contribution is -2.21. The first-order chi connectivity index (χ1) is 19.0. The Kier molecular flexibility index (Phi) is 7.47. The van der Waals surface area contributed by atoms with Crippen LogP contribution in [0, 0.1) is 6.92 Å². The fourth-order valence-electron chi connectivity index (χ4n) is 4.27. The van der Waals surface area contributed by atoms with E-state index in [2.05, 4.69) is 0 Å². The molecule has 0 aliphatic rings. The molecule has 10 heteroatoms. The van der Waals surface area contributed by atoms with Crippen molar-refractivity contribution < 1.29 is 23.4 Å². The lowest BCUT2D eigenvalue weighted by atomic mass is 10.2. The van der Waals surface area contributed by atoms with E-state index in [0.717, 1.165) is 5.69 Å². The standard InChI is InChI=1S/C29H27N3O6S/c1-17-22(30-27(38-17)20-10-8-12-24(35-3)26(20)37-5)16-39-29-31-21-11-7-6-9-19(21)28(33)32(29)18-13-14-23(34-2)25(15-18)36-4/h6-15H,16H2,1-5H3. The van der Waals surface area contributed by atoms with E-state index < -0.39 is 0 Å². The highest BCUT2D eigenvalue weighted by atomic mass is 32.2. The molecule has 0 saturated carbocycles. The van der Waals surface area contributed by atoms with Crippen molar-refractivity contribution in [1.82, 2.24) is 14.5 Å². The summed E-state index contributed by atoms with van der Waals surface area (Å²) >= 11 is 1.39. The Morgan fingerprint density at radius 1 is 0.846 bits per heavy atom. The lowest BCUT2D eigenvalue weighted by molar-refractivity contribution is 0.354. The smallest absolute Gasteiger partial charge is 0.266 e. The van der Waals surface area contributed by atoms with Gasteiger partial charge < -0.3 is 23.4 Å². The van der Waals surface area contributed by atoms with Gasteiger partial charge in [0.2, 0.25) is 5.89 Å². The van der Waals surface area contributed by atoms with Gasteiger partial charge in [0.15, 0.2) is 28.2 Å². The van der Waals surface area contributed by atoms with Crippen molar-refractivity contribution in [2.24, 2.45) is 0 Å². The van der Waals surface area contributed by atoms with Crippen LogP contribution in [0.5, 0.6) is 23.0 Å². The van der Waals surface area contributed by atoms with E-state index in [1.54, 1.807) is 57.3 Å². The normalized spacial score (nSPS) is 11.0. The zero-order valence-corrected chi connectivity index (χ0v) is 23.0. The van der Waals surface area contributed by atoms with Gasteiger partial charge in [-0.25, -0.2) is 9.97 Å². The SMILES string of the molecule is COc1ccc(-n2c(SCc3nc(-c4cccc(OC)c4OC)oc3C)nc3ccccc3c2=O)cc1OC. The van der Waals surface area contributed by atoms with E-state index in [-0.39, 0.29) is 5.56 Å². The number of aryl methyl sites for hydroxylation is 1. The summed E-state index contributed by atoms with van der Waals surface area (Å²) in [5.74, 6) is 3.69. The van der Waals surface area contributed by atoms with Crippen LogP contribution in [0.25, 0.3) is 28.0 Å². The number of methoxy groups -OCH3 is 4. The molecule has 0 N–H and O–H groups in total. The second-order valence-electron chi connectivity index (χ2n) is 8.44. The fraction of sp³-hybridized carbons (Fsp3) is 0.207. The molecule has 0 radical (unpaired) electrons. The van der Waals surface area contributed by atoms with Crippen LogP contribution in [0.3, 0.4) is 0 Å². The monoisotopic (exact) mass is 545 g/mol. The molecular weight excluding hydrogens is 518 g/mol. The number of nitrogens with zero attached hydrogens (tertiary/aromatic N) is 3. The number of hydrogen-bond acceptors (Lipinski definition) is 9. The minimum atomic E-state index is -0.186. The Balaban J connectivity index is 1.55. The van der Waals surface area contributed by atoms with Gasteiger partial charge in [-0.3, -0.25) is 9.36 Å². The summed E-state index contributed by atoms with van der Waals surface area (Å²) in [6, 6.07) is 18.1. The Morgan fingerprint density at radius 3 is 2.36 bits per heavy atom. The van der Waals surface area contributed by atoms with Crippen molar-refractivity contribution >= 4 is 22.7 Å². The van der Waals surface area contributed by atoms with Crippen LogP contribution >= 0.6 is 11.8 Å². The Labute approximate surface area is 229 Å². The van der Waals surface area contributed by atoms with E-state index >= 15 is 0 Å². The summed E-state index contributed by atoms with van der Waals surface area (Å²) in [4.78, 5) is 23.3. The topological polar surface area (TPSA) is 97.8 Å². The summed E-state index contributed by atoms with van der Waals surface area (Å²) in [5, 5.41) is 1.02. The maximum Gasteiger partial charge on any atom is 0.266 e. The predicted octanol–water partition coefficient (Wildman–Crippen LogP) is 5.68. The zero-order valence-electron chi connectivity index (χ0n) is 22.2. The molecule has 0 aliphatic carbocycles. The van der Waals surface area contributed by atoms with Gasteiger partial charge in [-0.05, 0) is 43.3 Å². The first-order valence-electron chi connectivity index (χ1n) is 12.0. The Hall–Kier alpha value is -4.44. The summed E-state index contributed by atoms with van der Waals surface area (Å²) in [6.07, 6.45) is 0. The van der Waals surface area contributed by atoms with E-state index in [1.807, 2.05) is 43.3 Å². The zero-order chi connectivity index (χ0) is 27.5. The number of rotatable bonds is 9. The van der Waals surface area contributed by atoms with Crippen molar-refractivity contribution in [3.63, 3.8) is 0 Å². The van der Waals surface area contributed by atoms with Crippen molar-refractivity contribution in [1.29, 1.82) is 0 Å². The summed E-state index contributed by atoms with van der Waals surface area (Å²) in [5.41, 5.74) is 2.44. The average Bonchev–Trinajstić information content (AvgIpc) is 3.35. The van der Waals surface area contributed by atoms with Crippen LogP contribution in [0.4, 0.5) is 0 Å². The van der Waals surface area contributed by atoms with Gasteiger partial charge in [-0.2, -0.15) is 0 Å². The first-order valence-corrected chi connectivity index (χ1v) is 13.0. The highest BCUT2D eigenvalue weighted by molar-refractivity contribution is 7.98. The number of para-hydroxylation sites is 2. The number of aromatic nitrogens is 3. The molecule has 0 aliphatic heterocycles. The van der Waals surface area contributed by atoms with E-state index in [0.29, 0.717) is 67.7 Å². The van der Waals surface area contributed by atoms with Crippen LogP contribution < -0.4 is 24.5 Å². The molecule has 200 valence electrons. The molecule has 2 heterocycles. The first kappa shape index (κ1) is 26.2. The van der Waals surface area contributed by atoms with Crippen LogP contribution in [0.2, 0.25) is 0 Å². The van der Waals surface area contributed by atoms with Crippen molar-refractivity contribution in [2.45, 2.75) is 17.8 Å². The molecule has 0 unspecified atom stereocenters. The summed E-state index contributed by atoms with van der Waals surface area (Å²) in [6.45, 7) is 1.86. The van der Waals surface area contributed by atoms with Crippen molar-refractivity contribution in [3.05, 3.63) is 82.5 Å². The molecule has 9 nitrogen and oxygen atoms in total. The van der Waals surface area contributed by atoms with Crippen molar-refractivity contribution in [2.75, 3.05) is 28.4 Å². The molecule has 0 bridgehead atoms. The third-order valence-electron chi connectivity index (χ3n) is 6.23. The minimum absolute atomic E-state index is 0.186. The number of hydrogen-bond donors (Lipinski definition) is 0. The molecule has 0 spiro atoms. The number of benzene rings is 3. The van der Waals surface area contributed by atoms with Gasteiger partial charge in [0.1, 0.15) is 5.76 Å². The second-order valence-corrected chi connectivity index (χ2v) is 9.39. The largest absolute Gasteiger partial charge is 0.493 e. The maximum absolute atomic E-state index is 13.7. The predicted molar refractivity (Wildman–Crippen MR) is 150 cm³/mol. The van der Waals surface area contributed by atoms with Gasteiger partial charge >= 0.3 is 0 Å². The van der Waals surface area contributed by atoms with E-state index in [1.165, 1.54) is 11.8 Å². The number of oxazole rings is 1. The van der Waals surface area contributed by atoms with Gasteiger partial charge in [0.05, 0.1) is 56.3 Å². The minimum Gasteiger partial charge on any atom is -0.493 e. The van der Waals surface area contributed by atoms with Crippen LogP contribution in [0.15, 0.2) is 75.0 Å². The molecule has 0 fully saturated rings. The van der Waals surface area contributed by atoms with Crippen LogP contribution in [0.1, 0.15) is 11.5 Å². The number of thioether (sulfide) groups is 1. The van der Waals surface area contributed by atoms with Crippen LogP contribution in [-0.4, -0.2) is 43.0 Å². The fourth-order valence-corrected chi connectivity index (χ4v) is 5.28. The molecule has 2 aromatic heterocycles. The lowest BCUT2D eigenvalue weighted by Gasteiger charge is -2.15. The molecular formula is C29H27N3O6S. The third kappa shape index (κ3) is 4.90. The summed E-state index contributed by atoms with van der Waals surface area (Å²) < 4.78 is 29.4. The van der Waals surface area contributed by atoms with Gasteiger partial charge in [0, 0.05) is 11.8 Å². The van der Waals surface area contributed by atoms with E-state index in [9.17, 15) is 4.79 Å². The molecule has 5 rings (SSSR count). The maximum atomic E-state index is 13.7. The third-order valence-corrected chi connectivity index (χ3v) is 7.18. The van der Waals surface area contributed by atoms with Gasteiger partial charge in [0.25, 0.3) is 5.56 Å². The van der Waals surface area contributed by atoms with Gasteiger partial charge in [-0.15, -0.1) is 0 Å². The highest BCUT2D eigenvalue weighted by Crippen LogP contribution is 2.38. The second kappa shape index (κ2) is 11.1. The Morgan fingerprint density at radius 2 is 1.62 bits per heavy atom. The highest BCUT2D eigenvalue weighted by Gasteiger charge is 2.20. The Bertz CT molecular complexity index is 1710. The van der Waals surface area contributed by atoms with Crippen molar-refractivity contribution in [3.8, 4) is 40.1 Å². The molecule has 0 amide bonds. The number of fused-ring (bicyclic) bond motifs is 1. The molecule has 3 aromatic carbocycles. The quantitative estimate of drug-likeness (QED) is 0.171. The molecule has 0 saturated heterocycles. The molecule has 0 atom stereocenters. The van der Waals surface area contributed by atoms with Gasteiger partial charge in [-0.1, -0.05) is 30.0 Å². The number of ether oxygens (including phenoxy) is 4. The van der Waals surface area contributed by atoms with Crippen LogP contribution in [-0.2, 0) is 5.75 Å². The summed E-state index contributed by atoms with van der Waals surface area (Å²) in [7, 11) is 6.28.